The molecule has 0 bridgehead atoms. The minimum absolute atomic E-state index is 0.319. The number of tetrazole rings is 1. The Labute approximate surface area is 102 Å². The van der Waals surface area contributed by atoms with Gasteiger partial charge in [-0.3, -0.25) is 0 Å². The Morgan fingerprint density at radius 1 is 1.20 bits per heavy atom. The van der Waals surface area contributed by atoms with E-state index in [0.29, 0.717) is 5.92 Å². The van der Waals surface area contributed by atoms with Crippen LogP contribution in [0.25, 0.3) is 5.69 Å². The topological polar surface area (TPSA) is 43.6 Å². The maximum Gasteiger partial charge on any atom is 0.159 e. The summed E-state index contributed by atoms with van der Waals surface area (Å²) in [5.41, 5.74) is 1.00. The van der Waals surface area contributed by atoms with Crippen molar-refractivity contribution in [3.8, 4) is 5.69 Å². The van der Waals surface area contributed by atoms with Crippen molar-refractivity contribution in [2.24, 2.45) is 0 Å². The van der Waals surface area contributed by atoms with E-state index in [9.17, 15) is 0 Å². The second-order valence-electron chi connectivity index (χ2n) is 3.58. The van der Waals surface area contributed by atoms with Crippen LogP contribution < -0.4 is 0 Å². The molecule has 0 aliphatic heterocycles. The van der Waals surface area contributed by atoms with Gasteiger partial charge in [0, 0.05) is 9.49 Å². The van der Waals surface area contributed by atoms with E-state index < -0.39 is 0 Å². The van der Waals surface area contributed by atoms with Gasteiger partial charge in [-0.2, -0.15) is 4.68 Å². The first-order chi connectivity index (χ1) is 7.18. The lowest BCUT2D eigenvalue weighted by molar-refractivity contribution is 0.710. The molecule has 4 nitrogen and oxygen atoms in total. The molecular weight excluding hydrogens is 303 g/mol. The second kappa shape index (κ2) is 4.26. The monoisotopic (exact) mass is 314 g/mol. The Balaban J connectivity index is 2.45. The molecule has 0 aliphatic rings. The van der Waals surface area contributed by atoms with E-state index in [1.165, 1.54) is 3.57 Å². The van der Waals surface area contributed by atoms with Gasteiger partial charge in [0.1, 0.15) is 0 Å². The fraction of sp³-hybridized carbons (Fsp3) is 0.300. The van der Waals surface area contributed by atoms with Gasteiger partial charge in [0.15, 0.2) is 5.82 Å². The molecule has 0 saturated heterocycles. The third kappa shape index (κ3) is 2.17. The number of hydrogen-bond donors (Lipinski definition) is 0. The zero-order valence-electron chi connectivity index (χ0n) is 8.55. The van der Waals surface area contributed by atoms with E-state index in [1.54, 1.807) is 4.68 Å². The summed E-state index contributed by atoms with van der Waals surface area (Å²) in [6.07, 6.45) is 0. The molecule has 0 amide bonds. The normalized spacial score (nSPS) is 10.9. The maximum absolute atomic E-state index is 4.01. The largest absolute Gasteiger partial charge is 0.197 e. The van der Waals surface area contributed by atoms with Crippen LogP contribution in [-0.2, 0) is 0 Å². The van der Waals surface area contributed by atoms with E-state index in [0.717, 1.165) is 11.5 Å². The lowest BCUT2D eigenvalue weighted by Gasteiger charge is -2.06. The molecule has 1 aromatic heterocycles. The summed E-state index contributed by atoms with van der Waals surface area (Å²) in [4.78, 5) is 0. The zero-order valence-corrected chi connectivity index (χ0v) is 10.7. The number of rotatable bonds is 2. The summed E-state index contributed by atoms with van der Waals surface area (Å²) in [6, 6.07) is 8.12. The van der Waals surface area contributed by atoms with Crippen molar-refractivity contribution in [2.75, 3.05) is 0 Å². The molecule has 2 aromatic rings. The minimum Gasteiger partial charge on any atom is -0.197 e. The molecule has 1 aromatic carbocycles. The minimum atomic E-state index is 0.319. The fourth-order valence-corrected chi connectivity index (χ4v) is 1.68. The van der Waals surface area contributed by atoms with Gasteiger partial charge in [-0.15, -0.1) is 5.10 Å². The predicted octanol–water partition coefficient (Wildman–Crippen LogP) is 2.39. The first-order valence-corrected chi connectivity index (χ1v) is 5.80. The number of benzene rings is 1. The molecule has 0 saturated carbocycles. The van der Waals surface area contributed by atoms with Gasteiger partial charge in [0.2, 0.25) is 0 Å². The van der Waals surface area contributed by atoms with E-state index in [4.69, 9.17) is 0 Å². The van der Waals surface area contributed by atoms with Crippen molar-refractivity contribution in [3.63, 3.8) is 0 Å². The molecule has 1 heterocycles. The SMILES string of the molecule is CC(C)c1nnnn1-c1ccc(I)cc1. The van der Waals surface area contributed by atoms with Crippen molar-refractivity contribution in [1.82, 2.24) is 20.2 Å². The van der Waals surface area contributed by atoms with Crippen LogP contribution in [0.15, 0.2) is 24.3 Å². The van der Waals surface area contributed by atoms with E-state index in [1.807, 2.05) is 24.3 Å². The van der Waals surface area contributed by atoms with E-state index in [-0.39, 0.29) is 0 Å². The van der Waals surface area contributed by atoms with Crippen LogP contribution >= 0.6 is 22.6 Å². The lowest BCUT2D eigenvalue weighted by atomic mass is 10.2. The Morgan fingerprint density at radius 2 is 1.87 bits per heavy atom. The molecule has 15 heavy (non-hydrogen) atoms. The highest BCUT2D eigenvalue weighted by molar-refractivity contribution is 14.1. The highest BCUT2D eigenvalue weighted by Crippen LogP contribution is 2.16. The van der Waals surface area contributed by atoms with Crippen molar-refractivity contribution >= 4 is 22.6 Å². The Kier molecular flexibility index (Phi) is 2.99. The van der Waals surface area contributed by atoms with Crippen LogP contribution in [0.1, 0.15) is 25.6 Å². The number of nitrogens with zero attached hydrogens (tertiary/aromatic N) is 4. The summed E-state index contributed by atoms with van der Waals surface area (Å²) >= 11 is 2.28. The first-order valence-electron chi connectivity index (χ1n) is 4.72. The highest BCUT2D eigenvalue weighted by Gasteiger charge is 2.11. The van der Waals surface area contributed by atoms with Gasteiger partial charge in [-0.25, -0.2) is 0 Å². The Hall–Kier alpha value is -0.980. The maximum atomic E-state index is 4.01. The smallest absolute Gasteiger partial charge is 0.159 e. The zero-order chi connectivity index (χ0) is 10.8. The van der Waals surface area contributed by atoms with Gasteiger partial charge in [-0.05, 0) is 57.3 Å². The number of hydrogen-bond acceptors (Lipinski definition) is 3. The third-order valence-electron chi connectivity index (χ3n) is 2.08. The van der Waals surface area contributed by atoms with Crippen LogP contribution in [0.3, 0.4) is 0 Å². The molecule has 5 heteroatoms. The average molecular weight is 314 g/mol. The van der Waals surface area contributed by atoms with Crippen LogP contribution in [0.2, 0.25) is 0 Å². The molecule has 0 aliphatic carbocycles. The lowest BCUT2D eigenvalue weighted by Crippen LogP contribution is -2.04. The van der Waals surface area contributed by atoms with Crippen LogP contribution in [0, 0.1) is 3.57 Å². The Bertz CT molecular complexity index is 447. The van der Waals surface area contributed by atoms with Gasteiger partial charge in [0.05, 0.1) is 5.69 Å². The molecule has 0 unspecified atom stereocenters. The quantitative estimate of drug-likeness (QED) is 0.800. The molecule has 0 N–H and O–H groups in total. The molecule has 0 radical (unpaired) electrons. The highest BCUT2D eigenvalue weighted by atomic mass is 127. The summed E-state index contributed by atoms with van der Waals surface area (Å²) in [5, 5.41) is 11.7. The molecule has 0 atom stereocenters. The summed E-state index contributed by atoms with van der Waals surface area (Å²) in [5.74, 6) is 1.20. The van der Waals surface area contributed by atoms with Gasteiger partial charge in [0.25, 0.3) is 0 Å². The van der Waals surface area contributed by atoms with Crippen LogP contribution in [0.5, 0.6) is 0 Å². The molecule has 2 rings (SSSR count). The van der Waals surface area contributed by atoms with Gasteiger partial charge in [-0.1, -0.05) is 13.8 Å². The van der Waals surface area contributed by atoms with Crippen LogP contribution in [0.4, 0.5) is 0 Å². The van der Waals surface area contributed by atoms with Gasteiger partial charge < -0.3 is 0 Å². The third-order valence-corrected chi connectivity index (χ3v) is 2.80. The molecule has 78 valence electrons. The van der Waals surface area contributed by atoms with E-state index in [2.05, 4.69) is 52.0 Å². The predicted molar refractivity (Wildman–Crippen MR) is 66.0 cm³/mol. The summed E-state index contributed by atoms with van der Waals surface area (Å²) < 4.78 is 2.98. The van der Waals surface area contributed by atoms with E-state index >= 15 is 0 Å². The van der Waals surface area contributed by atoms with Crippen molar-refractivity contribution in [2.45, 2.75) is 19.8 Å². The van der Waals surface area contributed by atoms with Crippen LogP contribution in [-0.4, -0.2) is 20.2 Å². The number of aromatic nitrogens is 4. The summed E-state index contributed by atoms with van der Waals surface area (Å²) in [7, 11) is 0. The number of halogens is 1. The summed E-state index contributed by atoms with van der Waals surface area (Å²) in [6.45, 7) is 4.16. The van der Waals surface area contributed by atoms with Crippen molar-refractivity contribution < 1.29 is 0 Å². The van der Waals surface area contributed by atoms with Gasteiger partial charge >= 0.3 is 0 Å². The van der Waals surface area contributed by atoms with Crippen molar-refractivity contribution in [1.29, 1.82) is 0 Å². The second-order valence-corrected chi connectivity index (χ2v) is 4.83. The molecule has 0 spiro atoms. The first kappa shape index (κ1) is 10.5. The fourth-order valence-electron chi connectivity index (χ4n) is 1.32. The Morgan fingerprint density at radius 3 is 2.47 bits per heavy atom. The standard InChI is InChI=1S/C10H11IN4/c1-7(2)10-12-13-14-15(10)9-5-3-8(11)4-6-9/h3-7H,1-2H3. The molecule has 0 fully saturated rings. The average Bonchev–Trinajstić information content (AvgIpc) is 2.67. The molecular formula is C10H11IN4. The van der Waals surface area contributed by atoms with Crippen molar-refractivity contribution in [3.05, 3.63) is 33.7 Å².